The van der Waals surface area contributed by atoms with E-state index in [4.69, 9.17) is 11.6 Å². The van der Waals surface area contributed by atoms with Gasteiger partial charge in [0.2, 0.25) is 20.0 Å². The van der Waals surface area contributed by atoms with Crippen molar-refractivity contribution in [3.63, 3.8) is 0 Å². The molecule has 0 saturated carbocycles. The van der Waals surface area contributed by atoms with Gasteiger partial charge in [-0.05, 0) is 18.2 Å². The molecule has 1 heterocycles. The lowest BCUT2D eigenvalue weighted by molar-refractivity contribution is -0.137. The number of halogens is 4. The van der Waals surface area contributed by atoms with E-state index in [1.807, 2.05) is 0 Å². The lowest BCUT2D eigenvalue weighted by atomic mass is 10.2. The summed E-state index contributed by atoms with van der Waals surface area (Å²) in [6.45, 7) is -0.395. The average molecular weight is 407 g/mol. The summed E-state index contributed by atoms with van der Waals surface area (Å²) in [5.41, 5.74) is -1.24. The summed E-state index contributed by atoms with van der Waals surface area (Å²) in [7, 11) is -7.62. The van der Waals surface area contributed by atoms with Crippen molar-refractivity contribution in [3.05, 3.63) is 28.8 Å². The molecule has 0 spiro atoms. The molecule has 0 bridgehead atoms. The SMILES string of the molecule is CS(=O)(=O)N1CCN(S(=O)(=O)c2ccc(Cl)c(C(F)(F)F)c2)CC1. The van der Waals surface area contributed by atoms with E-state index in [1.54, 1.807) is 0 Å². The molecule has 2 rings (SSSR count). The third kappa shape index (κ3) is 4.02. The van der Waals surface area contributed by atoms with Crippen LogP contribution in [0.2, 0.25) is 5.02 Å². The molecular weight excluding hydrogens is 393 g/mol. The number of alkyl halides is 3. The second-order valence-electron chi connectivity index (χ2n) is 5.21. The minimum absolute atomic E-state index is 0.0578. The van der Waals surface area contributed by atoms with E-state index in [1.165, 1.54) is 0 Å². The molecular formula is C12H14ClF3N2O4S2. The van der Waals surface area contributed by atoms with Gasteiger partial charge in [-0.15, -0.1) is 0 Å². The van der Waals surface area contributed by atoms with Crippen LogP contribution in [-0.2, 0) is 26.2 Å². The van der Waals surface area contributed by atoms with E-state index >= 15 is 0 Å². The van der Waals surface area contributed by atoms with E-state index in [-0.39, 0.29) is 26.2 Å². The number of nitrogens with zero attached hydrogens (tertiary/aromatic N) is 2. The van der Waals surface area contributed by atoms with E-state index < -0.39 is 41.7 Å². The number of hydrogen-bond acceptors (Lipinski definition) is 4. The molecule has 1 aromatic carbocycles. The first-order valence-corrected chi connectivity index (χ1v) is 10.3. The molecule has 1 aliphatic rings. The first-order valence-electron chi connectivity index (χ1n) is 6.65. The van der Waals surface area contributed by atoms with Gasteiger partial charge in [-0.3, -0.25) is 0 Å². The van der Waals surface area contributed by atoms with Gasteiger partial charge in [0.25, 0.3) is 0 Å². The zero-order chi connectivity index (χ0) is 18.3. The Kier molecular flexibility index (Phi) is 5.22. The highest BCUT2D eigenvalue weighted by Gasteiger charge is 2.36. The zero-order valence-electron chi connectivity index (χ0n) is 12.4. The summed E-state index contributed by atoms with van der Waals surface area (Å²) in [6, 6.07) is 2.36. The van der Waals surface area contributed by atoms with Gasteiger partial charge in [-0.1, -0.05) is 11.6 Å². The highest BCUT2D eigenvalue weighted by molar-refractivity contribution is 7.89. The molecule has 0 N–H and O–H groups in total. The number of rotatable bonds is 3. The molecule has 1 saturated heterocycles. The number of piperazine rings is 1. The van der Waals surface area contributed by atoms with Crippen LogP contribution in [0.25, 0.3) is 0 Å². The molecule has 136 valence electrons. The van der Waals surface area contributed by atoms with Crippen LogP contribution in [0.3, 0.4) is 0 Å². The third-order valence-corrected chi connectivity index (χ3v) is 7.08. The molecule has 0 unspecified atom stereocenters. The fourth-order valence-electron chi connectivity index (χ4n) is 2.27. The third-order valence-electron chi connectivity index (χ3n) is 3.55. The average Bonchev–Trinajstić information content (AvgIpc) is 2.45. The van der Waals surface area contributed by atoms with Gasteiger partial charge in [-0.2, -0.15) is 21.8 Å². The summed E-state index contributed by atoms with van der Waals surface area (Å²) in [6.07, 6.45) is -3.77. The van der Waals surface area contributed by atoms with Crippen molar-refractivity contribution in [2.75, 3.05) is 32.4 Å². The summed E-state index contributed by atoms with van der Waals surface area (Å²) in [5.74, 6) is 0. The van der Waals surface area contributed by atoms with Crippen LogP contribution in [-0.4, -0.2) is 57.9 Å². The summed E-state index contributed by atoms with van der Waals surface area (Å²) in [5, 5.41) is -0.594. The molecule has 0 aromatic heterocycles. The maximum atomic E-state index is 12.9. The van der Waals surface area contributed by atoms with Gasteiger partial charge >= 0.3 is 6.18 Å². The van der Waals surface area contributed by atoms with Gasteiger partial charge in [0.1, 0.15) is 0 Å². The van der Waals surface area contributed by atoms with Crippen LogP contribution in [0.4, 0.5) is 13.2 Å². The Hall–Kier alpha value is -0.880. The molecule has 12 heteroatoms. The topological polar surface area (TPSA) is 74.8 Å². The number of sulfonamides is 2. The van der Waals surface area contributed by atoms with Gasteiger partial charge in [0, 0.05) is 26.2 Å². The molecule has 0 atom stereocenters. The summed E-state index contributed by atoms with van der Waals surface area (Å²) < 4.78 is 88.5. The Bertz CT molecular complexity index is 832. The van der Waals surface area contributed by atoms with Crippen LogP contribution in [0, 0.1) is 0 Å². The molecule has 1 aliphatic heterocycles. The molecule has 0 aliphatic carbocycles. The minimum Gasteiger partial charge on any atom is -0.213 e. The first kappa shape index (κ1) is 19.4. The number of hydrogen-bond donors (Lipinski definition) is 0. The predicted molar refractivity (Wildman–Crippen MR) is 81.6 cm³/mol. The van der Waals surface area contributed by atoms with Crippen LogP contribution in [0.1, 0.15) is 5.56 Å². The van der Waals surface area contributed by atoms with Crippen molar-refractivity contribution in [1.29, 1.82) is 0 Å². The monoisotopic (exact) mass is 406 g/mol. The van der Waals surface area contributed by atoms with E-state index in [9.17, 15) is 30.0 Å². The Labute approximate surface area is 142 Å². The molecule has 1 aromatic rings. The van der Waals surface area contributed by atoms with Crippen LogP contribution in [0.5, 0.6) is 0 Å². The first-order chi connectivity index (χ1) is 10.8. The Balaban J connectivity index is 2.29. The van der Waals surface area contributed by atoms with E-state index in [0.717, 1.165) is 27.0 Å². The second kappa shape index (κ2) is 6.45. The maximum Gasteiger partial charge on any atom is 0.417 e. The minimum atomic E-state index is -4.78. The van der Waals surface area contributed by atoms with Crippen molar-refractivity contribution in [3.8, 4) is 0 Å². The quantitative estimate of drug-likeness (QED) is 0.764. The molecule has 24 heavy (non-hydrogen) atoms. The normalized spacial score (nSPS) is 18.7. The van der Waals surface area contributed by atoms with Crippen LogP contribution in [0.15, 0.2) is 23.1 Å². The fraction of sp³-hybridized carbons (Fsp3) is 0.500. The molecule has 1 fully saturated rings. The lowest BCUT2D eigenvalue weighted by Gasteiger charge is -2.32. The molecule has 0 amide bonds. The highest BCUT2D eigenvalue weighted by Crippen LogP contribution is 2.36. The van der Waals surface area contributed by atoms with E-state index in [2.05, 4.69) is 0 Å². The zero-order valence-corrected chi connectivity index (χ0v) is 14.8. The predicted octanol–water partition coefficient (Wildman–Crippen LogP) is 1.62. The Morgan fingerprint density at radius 2 is 1.50 bits per heavy atom. The van der Waals surface area contributed by atoms with Crippen LogP contribution >= 0.6 is 11.6 Å². The van der Waals surface area contributed by atoms with E-state index in [0.29, 0.717) is 6.07 Å². The Morgan fingerprint density at radius 1 is 1.00 bits per heavy atom. The van der Waals surface area contributed by atoms with Gasteiger partial charge < -0.3 is 0 Å². The number of benzene rings is 1. The van der Waals surface area contributed by atoms with Crippen molar-refractivity contribution < 1.29 is 30.0 Å². The Morgan fingerprint density at radius 3 is 1.96 bits per heavy atom. The van der Waals surface area contributed by atoms with Gasteiger partial charge in [0.05, 0.1) is 21.7 Å². The fourth-order valence-corrected chi connectivity index (χ4v) is 4.77. The van der Waals surface area contributed by atoms with Crippen molar-refractivity contribution in [1.82, 2.24) is 8.61 Å². The molecule has 6 nitrogen and oxygen atoms in total. The van der Waals surface area contributed by atoms with Gasteiger partial charge in [-0.25, -0.2) is 16.8 Å². The second-order valence-corrected chi connectivity index (χ2v) is 9.53. The highest BCUT2D eigenvalue weighted by atomic mass is 35.5. The van der Waals surface area contributed by atoms with Crippen molar-refractivity contribution in [2.24, 2.45) is 0 Å². The largest absolute Gasteiger partial charge is 0.417 e. The van der Waals surface area contributed by atoms with Gasteiger partial charge in [0.15, 0.2) is 0 Å². The van der Waals surface area contributed by atoms with Crippen molar-refractivity contribution in [2.45, 2.75) is 11.1 Å². The molecule has 0 radical (unpaired) electrons. The summed E-state index contributed by atoms with van der Waals surface area (Å²) in [4.78, 5) is -0.535. The standard InChI is InChI=1S/C12H14ClF3N2O4S2/c1-23(19,20)17-4-6-18(7-5-17)24(21,22)9-2-3-11(13)10(8-9)12(14,15)16/h2-3,8H,4-7H2,1H3. The summed E-state index contributed by atoms with van der Waals surface area (Å²) >= 11 is 5.48. The van der Waals surface area contributed by atoms with Crippen molar-refractivity contribution >= 4 is 31.6 Å². The lowest BCUT2D eigenvalue weighted by Crippen LogP contribution is -2.50. The maximum absolute atomic E-state index is 12.9. The smallest absolute Gasteiger partial charge is 0.213 e. The van der Waals surface area contributed by atoms with Crippen LogP contribution < -0.4 is 0 Å².